The number of rotatable bonds is 4. The number of hydrogen-bond donors (Lipinski definition) is 1. The van der Waals surface area contributed by atoms with Crippen LogP contribution in [0.25, 0.3) is 0 Å². The molecule has 1 aliphatic rings. The van der Waals surface area contributed by atoms with Gasteiger partial charge in [-0.15, -0.1) is 0 Å². The number of methoxy groups -OCH3 is 1. The molecule has 0 saturated carbocycles. The van der Waals surface area contributed by atoms with Crippen LogP contribution >= 0.6 is 0 Å². The monoisotopic (exact) mass is 269 g/mol. The van der Waals surface area contributed by atoms with Crippen molar-refractivity contribution in [1.82, 2.24) is 0 Å². The second-order valence-corrected chi connectivity index (χ2v) is 5.14. The van der Waals surface area contributed by atoms with Crippen LogP contribution in [0.15, 0.2) is 48.5 Å². The van der Waals surface area contributed by atoms with E-state index in [0.717, 1.165) is 23.5 Å². The molecule has 2 N–H and O–H groups in total. The third kappa shape index (κ3) is 2.37. The second-order valence-electron chi connectivity index (χ2n) is 5.14. The van der Waals surface area contributed by atoms with Gasteiger partial charge in [-0.25, -0.2) is 0 Å². The van der Waals surface area contributed by atoms with Crippen LogP contribution in [-0.4, -0.2) is 19.8 Å². The zero-order valence-corrected chi connectivity index (χ0v) is 11.6. The highest BCUT2D eigenvalue weighted by atomic mass is 16.5. The Morgan fingerprint density at radius 2 is 1.95 bits per heavy atom. The molecule has 2 aromatic rings. The summed E-state index contributed by atoms with van der Waals surface area (Å²) < 4.78 is 11.1. The van der Waals surface area contributed by atoms with Crippen molar-refractivity contribution in [1.29, 1.82) is 0 Å². The largest absolute Gasteiger partial charge is 0.496 e. The topological polar surface area (TPSA) is 44.5 Å². The van der Waals surface area contributed by atoms with Gasteiger partial charge in [0.1, 0.15) is 11.5 Å². The maximum Gasteiger partial charge on any atom is 0.122 e. The molecule has 2 unspecified atom stereocenters. The molecular weight excluding hydrogens is 250 g/mol. The molecule has 0 spiro atoms. The lowest BCUT2D eigenvalue weighted by atomic mass is 9.89. The molecule has 3 rings (SSSR count). The van der Waals surface area contributed by atoms with Crippen LogP contribution in [0.1, 0.15) is 17.0 Å². The standard InChI is InChI=1S/C17H19NO2/c1-19-16-8-4-2-6-12(16)10-15(18)14-11-20-17-9-5-3-7-13(14)17/h2-9,14-15H,10-11,18H2,1H3. The number of benzene rings is 2. The summed E-state index contributed by atoms with van der Waals surface area (Å²) in [7, 11) is 1.69. The van der Waals surface area contributed by atoms with Crippen molar-refractivity contribution in [2.24, 2.45) is 5.73 Å². The van der Waals surface area contributed by atoms with Gasteiger partial charge in [0, 0.05) is 17.5 Å². The first-order valence-electron chi connectivity index (χ1n) is 6.89. The molecule has 0 fully saturated rings. The van der Waals surface area contributed by atoms with Crippen LogP contribution in [-0.2, 0) is 6.42 Å². The van der Waals surface area contributed by atoms with Crippen LogP contribution in [0.5, 0.6) is 11.5 Å². The highest BCUT2D eigenvalue weighted by Gasteiger charge is 2.29. The Kier molecular flexibility index (Phi) is 3.61. The Morgan fingerprint density at radius 3 is 2.80 bits per heavy atom. The van der Waals surface area contributed by atoms with Crippen molar-refractivity contribution in [2.45, 2.75) is 18.4 Å². The molecule has 0 bridgehead atoms. The summed E-state index contributed by atoms with van der Waals surface area (Å²) in [5, 5.41) is 0. The van der Waals surface area contributed by atoms with Gasteiger partial charge in [-0.05, 0) is 24.1 Å². The number of hydrogen-bond acceptors (Lipinski definition) is 3. The fourth-order valence-corrected chi connectivity index (χ4v) is 2.81. The summed E-state index contributed by atoms with van der Waals surface area (Å²) >= 11 is 0. The van der Waals surface area contributed by atoms with Gasteiger partial charge in [0.15, 0.2) is 0 Å². The smallest absolute Gasteiger partial charge is 0.122 e. The summed E-state index contributed by atoms with van der Waals surface area (Å²) in [5.74, 6) is 2.11. The average molecular weight is 269 g/mol. The Balaban J connectivity index is 1.79. The maximum atomic E-state index is 6.41. The number of para-hydroxylation sites is 2. The van der Waals surface area contributed by atoms with E-state index >= 15 is 0 Å². The van der Waals surface area contributed by atoms with Crippen molar-refractivity contribution >= 4 is 0 Å². The molecule has 2 atom stereocenters. The van der Waals surface area contributed by atoms with E-state index in [1.165, 1.54) is 5.56 Å². The number of ether oxygens (including phenoxy) is 2. The van der Waals surface area contributed by atoms with Gasteiger partial charge in [0.05, 0.1) is 13.7 Å². The van der Waals surface area contributed by atoms with E-state index in [1.54, 1.807) is 7.11 Å². The van der Waals surface area contributed by atoms with E-state index in [9.17, 15) is 0 Å². The van der Waals surface area contributed by atoms with Crippen molar-refractivity contribution < 1.29 is 9.47 Å². The van der Waals surface area contributed by atoms with Gasteiger partial charge >= 0.3 is 0 Å². The molecule has 3 nitrogen and oxygen atoms in total. The van der Waals surface area contributed by atoms with Crippen molar-refractivity contribution in [3.63, 3.8) is 0 Å². The number of nitrogens with two attached hydrogens (primary N) is 1. The van der Waals surface area contributed by atoms with E-state index in [2.05, 4.69) is 12.1 Å². The quantitative estimate of drug-likeness (QED) is 0.928. The van der Waals surface area contributed by atoms with Gasteiger partial charge in [0.25, 0.3) is 0 Å². The predicted molar refractivity (Wildman–Crippen MR) is 79.4 cm³/mol. The Morgan fingerprint density at radius 1 is 1.20 bits per heavy atom. The van der Waals surface area contributed by atoms with E-state index in [0.29, 0.717) is 6.61 Å². The summed E-state index contributed by atoms with van der Waals surface area (Å²) in [4.78, 5) is 0. The lowest BCUT2D eigenvalue weighted by Gasteiger charge is -2.19. The minimum absolute atomic E-state index is 0.0231. The van der Waals surface area contributed by atoms with Crippen LogP contribution in [0.4, 0.5) is 0 Å². The molecule has 3 heteroatoms. The van der Waals surface area contributed by atoms with Crippen molar-refractivity contribution in [2.75, 3.05) is 13.7 Å². The molecule has 0 saturated heterocycles. The molecule has 0 aliphatic carbocycles. The third-order valence-corrected chi connectivity index (χ3v) is 3.90. The predicted octanol–water partition coefficient (Wildman–Crippen LogP) is 2.74. The molecule has 104 valence electrons. The molecule has 0 amide bonds. The fourth-order valence-electron chi connectivity index (χ4n) is 2.81. The summed E-state index contributed by atoms with van der Waals surface area (Å²) in [6, 6.07) is 16.2. The van der Waals surface area contributed by atoms with Crippen LogP contribution < -0.4 is 15.2 Å². The molecule has 0 aromatic heterocycles. The van der Waals surface area contributed by atoms with E-state index in [4.69, 9.17) is 15.2 Å². The number of fused-ring (bicyclic) bond motifs is 1. The van der Waals surface area contributed by atoms with E-state index in [1.807, 2.05) is 36.4 Å². The van der Waals surface area contributed by atoms with E-state index < -0.39 is 0 Å². The summed E-state index contributed by atoms with van der Waals surface area (Å²) in [6.07, 6.45) is 0.784. The Hall–Kier alpha value is -2.00. The van der Waals surface area contributed by atoms with Gasteiger partial charge in [-0.3, -0.25) is 0 Å². The van der Waals surface area contributed by atoms with Gasteiger partial charge in [-0.1, -0.05) is 36.4 Å². The second kappa shape index (κ2) is 5.55. The molecule has 20 heavy (non-hydrogen) atoms. The molecule has 2 aromatic carbocycles. The van der Waals surface area contributed by atoms with Crippen molar-refractivity contribution in [3.05, 3.63) is 59.7 Å². The fraction of sp³-hybridized carbons (Fsp3) is 0.294. The first-order valence-corrected chi connectivity index (χ1v) is 6.89. The van der Waals surface area contributed by atoms with E-state index in [-0.39, 0.29) is 12.0 Å². The van der Waals surface area contributed by atoms with Gasteiger partial charge in [-0.2, -0.15) is 0 Å². The minimum Gasteiger partial charge on any atom is -0.496 e. The third-order valence-electron chi connectivity index (χ3n) is 3.90. The molecule has 1 heterocycles. The SMILES string of the molecule is COc1ccccc1CC(N)C1COc2ccccc21. The minimum atomic E-state index is 0.0231. The highest BCUT2D eigenvalue weighted by molar-refractivity contribution is 5.41. The average Bonchev–Trinajstić information content (AvgIpc) is 2.92. The van der Waals surface area contributed by atoms with Crippen molar-refractivity contribution in [3.8, 4) is 11.5 Å². The lowest BCUT2D eigenvalue weighted by Crippen LogP contribution is -2.31. The first-order chi connectivity index (χ1) is 9.79. The lowest BCUT2D eigenvalue weighted by molar-refractivity contribution is 0.312. The first kappa shape index (κ1) is 13.0. The Bertz CT molecular complexity index is 597. The highest BCUT2D eigenvalue weighted by Crippen LogP contribution is 2.36. The zero-order chi connectivity index (χ0) is 13.9. The van der Waals surface area contributed by atoms with Crippen LogP contribution in [0, 0.1) is 0 Å². The van der Waals surface area contributed by atoms with Gasteiger partial charge in [0.2, 0.25) is 0 Å². The summed E-state index contributed by atoms with van der Waals surface area (Å²) in [6.45, 7) is 0.662. The van der Waals surface area contributed by atoms with Gasteiger partial charge < -0.3 is 15.2 Å². The normalized spacial score (nSPS) is 18.2. The summed E-state index contributed by atoms with van der Waals surface area (Å²) in [5.41, 5.74) is 8.78. The molecule has 0 radical (unpaired) electrons. The Labute approximate surface area is 119 Å². The van der Waals surface area contributed by atoms with Crippen LogP contribution in [0.3, 0.4) is 0 Å². The van der Waals surface area contributed by atoms with Crippen LogP contribution in [0.2, 0.25) is 0 Å². The molecule has 1 aliphatic heterocycles. The molecular formula is C17H19NO2. The zero-order valence-electron chi connectivity index (χ0n) is 11.6. The maximum absolute atomic E-state index is 6.41.